The maximum atomic E-state index is 12.7. The number of benzene rings is 1. The molecule has 1 saturated heterocycles. The number of rotatable bonds is 5. The largest absolute Gasteiger partial charge is 0.381 e. The summed E-state index contributed by atoms with van der Waals surface area (Å²) in [5.74, 6) is -0.763. The molecule has 0 bridgehead atoms. The second-order valence-electron chi connectivity index (χ2n) is 7.62. The molecule has 3 atom stereocenters. The molecular formula is C20H26N4O3. The van der Waals surface area contributed by atoms with E-state index in [4.69, 9.17) is 0 Å². The molecule has 1 aliphatic carbocycles. The quantitative estimate of drug-likeness (QED) is 0.682. The lowest BCUT2D eigenvalue weighted by Gasteiger charge is -2.29. The number of fused-ring (bicyclic) bond motifs is 1. The van der Waals surface area contributed by atoms with Crippen LogP contribution in [0.2, 0.25) is 0 Å². The number of hydrogen-bond acceptors (Lipinski definition) is 5. The molecule has 2 aliphatic heterocycles. The van der Waals surface area contributed by atoms with Crippen LogP contribution in [0.4, 0.5) is 5.69 Å². The Morgan fingerprint density at radius 3 is 2.74 bits per heavy atom. The molecule has 3 aliphatic rings. The number of hydrogen-bond donors (Lipinski definition) is 3. The van der Waals surface area contributed by atoms with Crippen molar-refractivity contribution in [2.75, 3.05) is 11.9 Å². The van der Waals surface area contributed by atoms with Crippen molar-refractivity contribution in [3.05, 3.63) is 29.3 Å². The van der Waals surface area contributed by atoms with Gasteiger partial charge in [0.2, 0.25) is 11.8 Å². The van der Waals surface area contributed by atoms with Gasteiger partial charge >= 0.3 is 0 Å². The van der Waals surface area contributed by atoms with E-state index in [1.807, 2.05) is 18.2 Å². The van der Waals surface area contributed by atoms with Crippen LogP contribution in [0.3, 0.4) is 0 Å². The number of carbonyl (C=O) groups is 3. The first kappa shape index (κ1) is 18.0. The summed E-state index contributed by atoms with van der Waals surface area (Å²) in [7, 11) is 0. The topological polar surface area (TPSA) is 90.5 Å². The normalized spacial score (nSPS) is 27.7. The average Bonchev–Trinajstić information content (AvgIpc) is 3.20. The summed E-state index contributed by atoms with van der Waals surface area (Å²) in [4.78, 5) is 37.8. The fraction of sp³-hybridized carbons (Fsp3) is 0.550. The highest BCUT2D eigenvalue weighted by atomic mass is 16.2. The van der Waals surface area contributed by atoms with Gasteiger partial charge in [-0.05, 0) is 56.0 Å². The monoisotopic (exact) mass is 370 g/mol. The van der Waals surface area contributed by atoms with Crippen molar-refractivity contribution < 1.29 is 14.4 Å². The van der Waals surface area contributed by atoms with Crippen LogP contribution in [-0.2, 0) is 16.1 Å². The van der Waals surface area contributed by atoms with Gasteiger partial charge in [-0.1, -0.05) is 6.92 Å². The minimum absolute atomic E-state index is 0.127. The molecule has 4 rings (SSSR count). The predicted molar refractivity (Wildman–Crippen MR) is 101 cm³/mol. The number of amides is 3. The van der Waals surface area contributed by atoms with Crippen LogP contribution >= 0.6 is 0 Å². The molecule has 2 heterocycles. The van der Waals surface area contributed by atoms with Gasteiger partial charge in [-0.15, -0.1) is 0 Å². The second kappa shape index (κ2) is 7.31. The van der Waals surface area contributed by atoms with Crippen molar-refractivity contribution in [1.29, 1.82) is 0 Å². The van der Waals surface area contributed by atoms with Crippen molar-refractivity contribution >= 4 is 23.4 Å². The fourth-order valence-electron chi connectivity index (χ4n) is 4.52. The standard InChI is InChI=1S/C20H26N4O3/c1-2-21-15-4-3-5-16(15)22-13-6-7-14-12(10-13)11-24(20(14)27)17-8-9-18(25)23-19(17)26/h6-7,10,15-17,21-22H,2-5,8-9,11H2,1H3,(H,23,25,26). The van der Waals surface area contributed by atoms with Crippen molar-refractivity contribution in [1.82, 2.24) is 15.5 Å². The third-order valence-corrected chi connectivity index (χ3v) is 5.86. The lowest BCUT2D eigenvalue weighted by molar-refractivity contribution is -0.136. The molecule has 3 amide bonds. The zero-order chi connectivity index (χ0) is 19.0. The highest BCUT2D eigenvalue weighted by Crippen LogP contribution is 2.31. The van der Waals surface area contributed by atoms with E-state index in [1.165, 1.54) is 12.8 Å². The Hall–Kier alpha value is -2.41. The van der Waals surface area contributed by atoms with Gasteiger partial charge in [0, 0.05) is 36.3 Å². The van der Waals surface area contributed by atoms with Gasteiger partial charge < -0.3 is 15.5 Å². The molecule has 1 aromatic rings. The van der Waals surface area contributed by atoms with Crippen LogP contribution in [-0.4, -0.2) is 47.3 Å². The van der Waals surface area contributed by atoms with Crippen LogP contribution in [0, 0.1) is 0 Å². The Balaban J connectivity index is 1.48. The van der Waals surface area contributed by atoms with Crippen molar-refractivity contribution in [2.45, 2.75) is 63.7 Å². The van der Waals surface area contributed by atoms with E-state index in [0.717, 1.165) is 24.2 Å². The molecule has 3 N–H and O–H groups in total. The minimum Gasteiger partial charge on any atom is -0.381 e. The third-order valence-electron chi connectivity index (χ3n) is 5.86. The van der Waals surface area contributed by atoms with E-state index in [9.17, 15) is 14.4 Å². The number of imide groups is 1. The second-order valence-corrected chi connectivity index (χ2v) is 7.62. The zero-order valence-corrected chi connectivity index (χ0v) is 15.6. The zero-order valence-electron chi connectivity index (χ0n) is 15.6. The van der Waals surface area contributed by atoms with Crippen LogP contribution in [0.1, 0.15) is 54.9 Å². The maximum Gasteiger partial charge on any atom is 0.255 e. The van der Waals surface area contributed by atoms with Gasteiger partial charge in [-0.3, -0.25) is 19.7 Å². The first-order chi connectivity index (χ1) is 13.1. The molecule has 1 saturated carbocycles. The number of piperidine rings is 1. The van der Waals surface area contributed by atoms with E-state index in [2.05, 4.69) is 22.9 Å². The Morgan fingerprint density at radius 1 is 1.15 bits per heavy atom. The predicted octanol–water partition coefficient (Wildman–Crippen LogP) is 1.39. The molecule has 0 radical (unpaired) electrons. The number of nitrogens with zero attached hydrogens (tertiary/aromatic N) is 1. The van der Waals surface area contributed by atoms with E-state index >= 15 is 0 Å². The van der Waals surface area contributed by atoms with Crippen LogP contribution in [0.5, 0.6) is 0 Å². The van der Waals surface area contributed by atoms with Crippen LogP contribution < -0.4 is 16.0 Å². The molecule has 27 heavy (non-hydrogen) atoms. The van der Waals surface area contributed by atoms with Gasteiger partial charge in [-0.2, -0.15) is 0 Å². The molecular weight excluding hydrogens is 344 g/mol. The Morgan fingerprint density at radius 2 is 1.96 bits per heavy atom. The summed E-state index contributed by atoms with van der Waals surface area (Å²) in [6.07, 6.45) is 4.19. The lowest BCUT2D eigenvalue weighted by Crippen LogP contribution is -2.52. The van der Waals surface area contributed by atoms with E-state index in [-0.39, 0.29) is 24.1 Å². The molecule has 0 aromatic heterocycles. The molecule has 2 fully saturated rings. The fourth-order valence-corrected chi connectivity index (χ4v) is 4.52. The van der Waals surface area contributed by atoms with Crippen molar-refractivity contribution in [2.24, 2.45) is 0 Å². The van der Waals surface area contributed by atoms with E-state index in [1.54, 1.807) is 4.90 Å². The van der Waals surface area contributed by atoms with E-state index in [0.29, 0.717) is 30.6 Å². The summed E-state index contributed by atoms with van der Waals surface area (Å²) in [6.45, 7) is 3.50. The summed E-state index contributed by atoms with van der Waals surface area (Å²) < 4.78 is 0. The Kier molecular flexibility index (Phi) is 4.86. The summed E-state index contributed by atoms with van der Waals surface area (Å²) >= 11 is 0. The highest BCUT2D eigenvalue weighted by Gasteiger charge is 2.39. The first-order valence-corrected chi connectivity index (χ1v) is 9.84. The van der Waals surface area contributed by atoms with Crippen LogP contribution in [0.15, 0.2) is 18.2 Å². The van der Waals surface area contributed by atoms with Gasteiger partial charge in [-0.25, -0.2) is 0 Å². The molecule has 7 heteroatoms. The number of likely N-dealkylation sites (N-methyl/N-ethyl adjacent to an activating group) is 1. The Bertz CT molecular complexity index is 778. The highest BCUT2D eigenvalue weighted by molar-refractivity contribution is 6.05. The molecule has 3 unspecified atom stereocenters. The Labute approximate surface area is 158 Å². The van der Waals surface area contributed by atoms with Gasteiger partial charge in [0.25, 0.3) is 5.91 Å². The summed E-state index contributed by atoms with van der Waals surface area (Å²) in [5, 5.41) is 9.49. The number of nitrogens with one attached hydrogen (secondary N) is 3. The molecule has 0 spiro atoms. The van der Waals surface area contributed by atoms with Crippen molar-refractivity contribution in [3.63, 3.8) is 0 Å². The SMILES string of the molecule is CCNC1CCCC1Nc1ccc2c(c1)CN(C1CCC(=O)NC1=O)C2=O. The minimum atomic E-state index is -0.563. The van der Waals surface area contributed by atoms with Crippen LogP contribution in [0.25, 0.3) is 0 Å². The van der Waals surface area contributed by atoms with E-state index < -0.39 is 6.04 Å². The van der Waals surface area contributed by atoms with Crippen molar-refractivity contribution in [3.8, 4) is 0 Å². The molecule has 7 nitrogen and oxygen atoms in total. The lowest BCUT2D eigenvalue weighted by atomic mass is 10.0. The smallest absolute Gasteiger partial charge is 0.255 e. The molecule has 144 valence electrons. The maximum absolute atomic E-state index is 12.7. The first-order valence-electron chi connectivity index (χ1n) is 9.84. The number of carbonyl (C=O) groups excluding carboxylic acids is 3. The van der Waals surface area contributed by atoms with Gasteiger partial charge in [0.1, 0.15) is 6.04 Å². The number of anilines is 1. The third kappa shape index (κ3) is 3.43. The summed E-state index contributed by atoms with van der Waals surface area (Å²) in [6, 6.07) is 6.14. The average molecular weight is 370 g/mol. The van der Waals surface area contributed by atoms with Gasteiger partial charge in [0.05, 0.1) is 0 Å². The van der Waals surface area contributed by atoms with Gasteiger partial charge in [0.15, 0.2) is 0 Å². The molecule has 1 aromatic carbocycles. The summed E-state index contributed by atoms with van der Waals surface area (Å²) in [5.41, 5.74) is 2.61.